The number of nitrogens with zero attached hydrogens (tertiary/aromatic N) is 3. The molecule has 146 valence electrons. The van der Waals surface area contributed by atoms with Gasteiger partial charge >= 0.3 is 0 Å². The number of fused-ring (bicyclic) bond motifs is 3. The van der Waals surface area contributed by atoms with E-state index in [2.05, 4.69) is 42.2 Å². The minimum Gasteiger partial charge on any atom is -0.378 e. The van der Waals surface area contributed by atoms with E-state index in [9.17, 15) is 0 Å². The third kappa shape index (κ3) is 3.53. The van der Waals surface area contributed by atoms with Crippen molar-refractivity contribution in [2.45, 2.75) is 39.0 Å². The van der Waals surface area contributed by atoms with E-state index in [0.717, 1.165) is 56.7 Å². The third-order valence-corrected chi connectivity index (χ3v) is 7.12. The minimum atomic E-state index is 0.776. The van der Waals surface area contributed by atoms with E-state index >= 15 is 0 Å². The summed E-state index contributed by atoms with van der Waals surface area (Å²) in [6.45, 7) is 5.78. The second-order valence-corrected chi connectivity index (χ2v) is 9.16. The van der Waals surface area contributed by atoms with Gasteiger partial charge in [-0.2, -0.15) is 0 Å². The lowest BCUT2D eigenvalue weighted by Crippen LogP contribution is -2.37. The molecule has 1 saturated heterocycles. The number of anilines is 1. The van der Waals surface area contributed by atoms with Gasteiger partial charge in [-0.25, -0.2) is 9.97 Å². The van der Waals surface area contributed by atoms with Gasteiger partial charge < -0.3 is 9.64 Å². The van der Waals surface area contributed by atoms with Gasteiger partial charge in [0.1, 0.15) is 16.5 Å². The molecule has 1 aliphatic heterocycles. The van der Waals surface area contributed by atoms with Crippen LogP contribution in [-0.2, 0) is 30.4 Å². The van der Waals surface area contributed by atoms with Crippen LogP contribution in [0.5, 0.6) is 0 Å². The normalized spacial score (nSPS) is 19.8. The summed E-state index contributed by atoms with van der Waals surface area (Å²) >= 11 is 1.91. The van der Waals surface area contributed by atoms with Crippen LogP contribution in [0.1, 0.15) is 35.2 Å². The Balaban J connectivity index is 1.54. The van der Waals surface area contributed by atoms with Crippen molar-refractivity contribution in [1.29, 1.82) is 0 Å². The maximum Gasteiger partial charge on any atom is 0.141 e. The van der Waals surface area contributed by atoms with E-state index in [1.807, 2.05) is 11.3 Å². The molecule has 0 amide bonds. The molecule has 2 aromatic heterocycles. The van der Waals surface area contributed by atoms with Gasteiger partial charge in [-0.3, -0.25) is 0 Å². The van der Waals surface area contributed by atoms with Crippen molar-refractivity contribution >= 4 is 27.4 Å². The second kappa shape index (κ2) is 7.80. The number of hydrogen-bond donors (Lipinski definition) is 0. The van der Waals surface area contributed by atoms with Crippen molar-refractivity contribution in [3.05, 3.63) is 52.2 Å². The highest BCUT2D eigenvalue weighted by Gasteiger charge is 2.26. The summed E-state index contributed by atoms with van der Waals surface area (Å²) in [5.41, 5.74) is 2.87. The lowest BCUT2D eigenvalue weighted by molar-refractivity contribution is 0.122. The first-order chi connectivity index (χ1) is 13.8. The van der Waals surface area contributed by atoms with Crippen LogP contribution in [0, 0.1) is 5.92 Å². The number of benzene rings is 1. The summed E-state index contributed by atoms with van der Waals surface area (Å²) in [5, 5.41) is 1.33. The molecule has 0 bridgehead atoms. The van der Waals surface area contributed by atoms with Gasteiger partial charge in [-0.1, -0.05) is 37.3 Å². The van der Waals surface area contributed by atoms with Gasteiger partial charge in [0.05, 0.1) is 18.6 Å². The van der Waals surface area contributed by atoms with Crippen LogP contribution in [0.4, 0.5) is 5.82 Å². The Labute approximate surface area is 170 Å². The lowest BCUT2D eigenvalue weighted by Gasteiger charge is -2.29. The van der Waals surface area contributed by atoms with Crippen LogP contribution in [0.25, 0.3) is 10.2 Å². The topological polar surface area (TPSA) is 38.2 Å². The highest BCUT2D eigenvalue weighted by Crippen LogP contribution is 2.41. The SMILES string of the molecule is CC1CCc2c(sc3nc(CCc4ccccc4)nc(N4CCOCC4)c23)C1. The van der Waals surface area contributed by atoms with Gasteiger partial charge in [0.25, 0.3) is 0 Å². The monoisotopic (exact) mass is 393 g/mol. The van der Waals surface area contributed by atoms with E-state index in [1.54, 1.807) is 0 Å². The Kier molecular flexibility index (Phi) is 5.03. The van der Waals surface area contributed by atoms with Gasteiger partial charge in [-0.15, -0.1) is 11.3 Å². The van der Waals surface area contributed by atoms with Gasteiger partial charge in [0.15, 0.2) is 0 Å². The predicted octanol–water partition coefficient (Wildman–Crippen LogP) is 4.44. The molecule has 0 saturated carbocycles. The Morgan fingerprint density at radius 2 is 1.93 bits per heavy atom. The molecule has 3 aromatic rings. The van der Waals surface area contributed by atoms with E-state index in [4.69, 9.17) is 14.7 Å². The van der Waals surface area contributed by atoms with E-state index in [-0.39, 0.29) is 0 Å². The van der Waals surface area contributed by atoms with Crippen LogP contribution in [-0.4, -0.2) is 36.3 Å². The number of hydrogen-bond acceptors (Lipinski definition) is 5. The summed E-state index contributed by atoms with van der Waals surface area (Å²) in [5.74, 6) is 2.91. The van der Waals surface area contributed by atoms with Crippen molar-refractivity contribution < 1.29 is 4.74 Å². The van der Waals surface area contributed by atoms with Gasteiger partial charge in [0.2, 0.25) is 0 Å². The van der Waals surface area contributed by atoms with Crippen molar-refractivity contribution in [2.24, 2.45) is 5.92 Å². The standard InChI is InChI=1S/C23H27N3OS/c1-16-7-9-18-19(15-16)28-23-21(18)22(26-11-13-27-14-12-26)24-20(25-23)10-8-17-5-3-2-4-6-17/h2-6,16H,7-15H2,1H3. The van der Waals surface area contributed by atoms with Crippen LogP contribution in [0.3, 0.4) is 0 Å². The molecule has 28 heavy (non-hydrogen) atoms. The number of thiophene rings is 1. The molecule has 2 aliphatic rings. The van der Waals surface area contributed by atoms with E-state index in [0.29, 0.717) is 0 Å². The molecule has 0 N–H and O–H groups in total. The summed E-state index contributed by atoms with van der Waals surface area (Å²) in [4.78, 5) is 15.3. The molecule has 5 heteroatoms. The molecule has 1 aromatic carbocycles. The second-order valence-electron chi connectivity index (χ2n) is 8.08. The Bertz CT molecular complexity index is 963. The minimum absolute atomic E-state index is 0.776. The lowest BCUT2D eigenvalue weighted by atomic mass is 9.89. The zero-order valence-electron chi connectivity index (χ0n) is 16.5. The number of ether oxygens (including phenoxy) is 1. The molecule has 1 atom stereocenters. The fraction of sp³-hybridized carbons (Fsp3) is 0.478. The van der Waals surface area contributed by atoms with Crippen LogP contribution in [0.15, 0.2) is 30.3 Å². The molecule has 5 rings (SSSR count). The number of aryl methyl sites for hydroxylation is 3. The smallest absolute Gasteiger partial charge is 0.141 e. The highest BCUT2D eigenvalue weighted by molar-refractivity contribution is 7.19. The maximum absolute atomic E-state index is 5.59. The first-order valence-electron chi connectivity index (χ1n) is 10.5. The summed E-state index contributed by atoms with van der Waals surface area (Å²) in [6.07, 6.45) is 5.50. The summed E-state index contributed by atoms with van der Waals surface area (Å²) in [7, 11) is 0. The highest BCUT2D eigenvalue weighted by atomic mass is 32.1. The van der Waals surface area contributed by atoms with Crippen molar-refractivity contribution in [3.8, 4) is 0 Å². The molecule has 4 nitrogen and oxygen atoms in total. The predicted molar refractivity (Wildman–Crippen MR) is 115 cm³/mol. The molecule has 1 fully saturated rings. The van der Waals surface area contributed by atoms with Crippen LogP contribution in [0.2, 0.25) is 0 Å². The number of morpholine rings is 1. The fourth-order valence-electron chi connectivity index (χ4n) is 4.38. The average molecular weight is 394 g/mol. The molecular weight excluding hydrogens is 366 g/mol. The number of aromatic nitrogens is 2. The summed E-state index contributed by atoms with van der Waals surface area (Å²) < 4.78 is 5.59. The largest absolute Gasteiger partial charge is 0.378 e. The van der Waals surface area contributed by atoms with Crippen LogP contribution < -0.4 is 4.90 Å². The average Bonchev–Trinajstić information content (AvgIpc) is 3.10. The van der Waals surface area contributed by atoms with Crippen LogP contribution >= 0.6 is 11.3 Å². The molecule has 3 heterocycles. The maximum atomic E-state index is 5.59. The van der Waals surface area contributed by atoms with Crippen molar-refractivity contribution in [2.75, 3.05) is 31.2 Å². The van der Waals surface area contributed by atoms with Gasteiger partial charge in [0, 0.05) is 24.4 Å². The zero-order valence-corrected chi connectivity index (χ0v) is 17.3. The molecule has 0 spiro atoms. The molecule has 1 aliphatic carbocycles. The quantitative estimate of drug-likeness (QED) is 0.657. The third-order valence-electron chi connectivity index (χ3n) is 5.97. The van der Waals surface area contributed by atoms with Gasteiger partial charge in [-0.05, 0) is 42.7 Å². The molecular formula is C23H27N3OS. The Morgan fingerprint density at radius 3 is 2.75 bits per heavy atom. The first-order valence-corrected chi connectivity index (χ1v) is 11.3. The molecule has 0 radical (unpaired) electrons. The molecule has 1 unspecified atom stereocenters. The Morgan fingerprint density at radius 1 is 1.11 bits per heavy atom. The van der Waals surface area contributed by atoms with Crippen molar-refractivity contribution in [1.82, 2.24) is 9.97 Å². The Hall–Kier alpha value is -1.98. The van der Waals surface area contributed by atoms with E-state index < -0.39 is 0 Å². The first kappa shape index (κ1) is 18.1. The number of rotatable bonds is 4. The summed E-state index contributed by atoms with van der Waals surface area (Å²) in [6, 6.07) is 10.7. The fourth-order valence-corrected chi connectivity index (χ4v) is 5.78. The van der Waals surface area contributed by atoms with Crippen molar-refractivity contribution in [3.63, 3.8) is 0 Å². The van der Waals surface area contributed by atoms with E-state index in [1.165, 1.54) is 45.5 Å². The zero-order chi connectivity index (χ0) is 18.9.